The monoisotopic (exact) mass is 340 g/mol. The molecule has 0 radical (unpaired) electrons. The molecule has 0 spiro atoms. The van der Waals surface area contributed by atoms with Crippen molar-refractivity contribution < 1.29 is 9.53 Å². The average molecular weight is 341 g/mol. The smallest absolute Gasteiger partial charge is 0.262 e. The Balaban J connectivity index is 2.17. The molecule has 0 saturated heterocycles. The summed E-state index contributed by atoms with van der Waals surface area (Å²) in [4.78, 5) is 12.3. The fraction of sp³-hybridized carbons (Fsp3) is 0.158. The van der Waals surface area contributed by atoms with E-state index in [0.29, 0.717) is 16.3 Å². The topological polar surface area (TPSA) is 62.1 Å². The second-order valence-electron chi connectivity index (χ2n) is 5.17. The van der Waals surface area contributed by atoms with Gasteiger partial charge in [0.15, 0.2) is 0 Å². The summed E-state index contributed by atoms with van der Waals surface area (Å²) in [6.07, 6.45) is 1.50. The first-order chi connectivity index (χ1) is 11.5. The molecule has 2 rings (SSSR count). The summed E-state index contributed by atoms with van der Waals surface area (Å²) in [7, 11) is 1.52. The zero-order valence-electron chi connectivity index (χ0n) is 13.4. The third kappa shape index (κ3) is 4.37. The predicted molar refractivity (Wildman–Crippen MR) is 94.6 cm³/mol. The molecular weight excluding hydrogens is 324 g/mol. The van der Waals surface area contributed by atoms with E-state index >= 15 is 0 Å². The summed E-state index contributed by atoms with van der Waals surface area (Å²) in [5, 5.41) is 12.5. The van der Waals surface area contributed by atoms with Gasteiger partial charge >= 0.3 is 0 Å². The van der Waals surface area contributed by atoms with Crippen LogP contribution in [-0.4, -0.2) is 13.0 Å². The highest BCUT2D eigenvalue weighted by Gasteiger charge is 2.14. The van der Waals surface area contributed by atoms with Crippen LogP contribution >= 0.6 is 11.6 Å². The fourth-order valence-corrected chi connectivity index (χ4v) is 2.45. The zero-order chi connectivity index (χ0) is 17.5. The largest absolute Gasteiger partial charge is 0.495 e. The van der Waals surface area contributed by atoms with Crippen LogP contribution in [0.5, 0.6) is 5.75 Å². The predicted octanol–water partition coefficient (Wildman–Crippen LogP) is 4.13. The number of carbonyl (C=O) groups excluding carboxylic acids is 1. The lowest BCUT2D eigenvalue weighted by Crippen LogP contribution is -2.27. The molecule has 0 heterocycles. The van der Waals surface area contributed by atoms with E-state index in [9.17, 15) is 10.1 Å². The Morgan fingerprint density at radius 1 is 1.29 bits per heavy atom. The zero-order valence-corrected chi connectivity index (χ0v) is 14.2. The second-order valence-corrected chi connectivity index (χ2v) is 5.58. The van der Waals surface area contributed by atoms with E-state index < -0.39 is 5.91 Å². The first-order valence-corrected chi connectivity index (χ1v) is 7.74. The van der Waals surface area contributed by atoms with Crippen LogP contribution in [-0.2, 0) is 4.79 Å². The Hall–Kier alpha value is -2.77. The van der Waals surface area contributed by atoms with Crippen LogP contribution in [0.15, 0.2) is 54.1 Å². The normalized spacial score (nSPS) is 12.2. The summed E-state index contributed by atoms with van der Waals surface area (Å²) >= 11 is 6.06. The maximum absolute atomic E-state index is 12.3. The van der Waals surface area contributed by atoms with Gasteiger partial charge in [0.2, 0.25) is 0 Å². The van der Waals surface area contributed by atoms with Gasteiger partial charge in [-0.3, -0.25) is 4.79 Å². The number of amides is 1. The van der Waals surface area contributed by atoms with Gasteiger partial charge in [0.1, 0.15) is 17.4 Å². The van der Waals surface area contributed by atoms with E-state index in [1.807, 2.05) is 43.3 Å². The van der Waals surface area contributed by atoms with E-state index in [4.69, 9.17) is 16.3 Å². The standard InChI is InChI=1S/C19H17ClN2O2/c1-13(15-6-4-3-5-7-15)22-19(23)16(12-21)10-14-8-9-18(24-2)17(20)11-14/h3-11,13H,1-2H3,(H,22,23)/b16-10-/t13-/m1/s1. The molecule has 0 aromatic heterocycles. The van der Waals surface area contributed by atoms with E-state index in [-0.39, 0.29) is 11.6 Å². The van der Waals surface area contributed by atoms with E-state index in [1.165, 1.54) is 13.2 Å². The summed E-state index contributed by atoms with van der Waals surface area (Å²) in [5.74, 6) is 0.107. The van der Waals surface area contributed by atoms with Crippen molar-refractivity contribution in [1.82, 2.24) is 5.32 Å². The minimum Gasteiger partial charge on any atom is -0.495 e. The SMILES string of the molecule is COc1ccc(/C=C(/C#N)C(=O)N[C@H](C)c2ccccc2)cc1Cl. The molecule has 1 N–H and O–H groups in total. The van der Waals surface area contributed by atoms with Crippen LogP contribution in [0.25, 0.3) is 6.08 Å². The Kier molecular flexibility index (Phi) is 6.00. The number of rotatable bonds is 5. The number of hydrogen-bond donors (Lipinski definition) is 1. The number of benzene rings is 2. The molecule has 1 atom stereocenters. The van der Waals surface area contributed by atoms with Gasteiger partial charge in [-0.1, -0.05) is 48.0 Å². The maximum Gasteiger partial charge on any atom is 0.262 e. The van der Waals surface area contributed by atoms with Crippen LogP contribution in [0.4, 0.5) is 0 Å². The molecule has 0 bridgehead atoms. The first-order valence-electron chi connectivity index (χ1n) is 7.36. The molecule has 2 aromatic rings. The van der Waals surface area contributed by atoms with Gasteiger partial charge in [-0.25, -0.2) is 0 Å². The van der Waals surface area contributed by atoms with Crippen molar-refractivity contribution in [2.45, 2.75) is 13.0 Å². The maximum atomic E-state index is 12.3. The molecule has 0 aliphatic rings. The number of nitrogens with one attached hydrogen (secondary N) is 1. The van der Waals surface area contributed by atoms with Crippen LogP contribution in [0.3, 0.4) is 0 Å². The van der Waals surface area contributed by atoms with E-state index in [2.05, 4.69) is 5.32 Å². The second kappa shape index (κ2) is 8.19. The quantitative estimate of drug-likeness (QED) is 0.657. The minimum absolute atomic E-state index is 0.0130. The van der Waals surface area contributed by atoms with Gasteiger partial charge in [-0.15, -0.1) is 0 Å². The first kappa shape index (κ1) is 17.6. The van der Waals surface area contributed by atoms with E-state index in [0.717, 1.165) is 5.56 Å². The number of nitriles is 1. The minimum atomic E-state index is -0.430. The van der Waals surface area contributed by atoms with Gasteiger partial charge < -0.3 is 10.1 Å². The third-order valence-corrected chi connectivity index (χ3v) is 3.79. The Labute approximate surface area is 146 Å². The molecule has 0 saturated carbocycles. The Bertz CT molecular complexity index is 795. The lowest BCUT2D eigenvalue weighted by Gasteiger charge is -2.13. The number of carbonyl (C=O) groups is 1. The molecule has 5 heteroatoms. The number of hydrogen-bond acceptors (Lipinski definition) is 3. The summed E-state index contributed by atoms with van der Waals surface area (Å²) in [5.41, 5.74) is 1.63. The molecule has 0 aliphatic carbocycles. The number of ether oxygens (including phenoxy) is 1. The molecule has 24 heavy (non-hydrogen) atoms. The molecular formula is C19H17ClN2O2. The highest BCUT2D eigenvalue weighted by molar-refractivity contribution is 6.32. The van der Waals surface area contributed by atoms with Crippen LogP contribution in [0.2, 0.25) is 5.02 Å². The molecule has 0 fully saturated rings. The molecule has 0 aliphatic heterocycles. The summed E-state index contributed by atoms with van der Waals surface area (Å²) in [6.45, 7) is 1.87. The van der Waals surface area contributed by atoms with Gasteiger partial charge in [0.05, 0.1) is 18.2 Å². The Morgan fingerprint density at radius 2 is 2.00 bits per heavy atom. The fourth-order valence-electron chi connectivity index (χ4n) is 2.19. The third-order valence-electron chi connectivity index (χ3n) is 3.50. The highest BCUT2D eigenvalue weighted by Crippen LogP contribution is 2.26. The van der Waals surface area contributed by atoms with Gasteiger partial charge in [-0.2, -0.15) is 5.26 Å². The van der Waals surface area contributed by atoms with Crippen molar-refractivity contribution in [1.29, 1.82) is 5.26 Å². The Morgan fingerprint density at radius 3 is 2.58 bits per heavy atom. The molecule has 122 valence electrons. The lowest BCUT2D eigenvalue weighted by atomic mass is 10.1. The number of nitrogens with zero attached hydrogens (tertiary/aromatic N) is 1. The van der Waals surface area contributed by atoms with Crippen molar-refractivity contribution in [3.05, 3.63) is 70.3 Å². The van der Waals surface area contributed by atoms with Crippen LogP contribution < -0.4 is 10.1 Å². The van der Waals surface area contributed by atoms with Crippen LogP contribution in [0, 0.1) is 11.3 Å². The number of halogens is 1. The van der Waals surface area contributed by atoms with Gasteiger partial charge in [0.25, 0.3) is 5.91 Å². The lowest BCUT2D eigenvalue weighted by molar-refractivity contribution is -0.117. The van der Waals surface area contributed by atoms with Crippen molar-refractivity contribution in [3.63, 3.8) is 0 Å². The summed E-state index contributed by atoms with van der Waals surface area (Å²) in [6, 6.07) is 16.3. The van der Waals surface area contributed by atoms with E-state index in [1.54, 1.807) is 18.2 Å². The van der Waals surface area contributed by atoms with Gasteiger partial charge in [0, 0.05) is 0 Å². The molecule has 0 unspecified atom stereocenters. The molecule has 4 nitrogen and oxygen atoms in total. The van der Waals surface area contributed by atoms with Crippen molar-refractivity contribution >= 4 is 23.6 Å². The van der Waals surface area contributed by atoms with Gasteiger partial charge in [-0.05, 0) is 36.3 Å². The molecule has 2 aromatic carbocycles. The van der Waals surface area contributed by atoms with Crippen molar-refractivity contribution in [2.24, 2.45) is 0 Å². The average Bonchev–Trinajstić information content (AvgIpc) is 2.60. The highest BCUT2D eigenvalue weighted by atomic mass is 35.5. The molecule has 1 amide bonds. The van der Waals surface area contributed by atoms with Crippen molar-refractivity contribution in [3.8, 4) is 11.8 Å². The van der Waals surface area contributed by atoms with Crippen LogP contribution in [0.1, 0.15) is 24.1 Å². The summed E-state index contributed by atoms with van der Waals surface area (Å²) < 4.78 is 5.08. The van der Waals surface area contributed by atoms with Crippen molar-refractivity contribution in [2.75, 3.05) is 7.11 Å². The number of methoxy groups -OCH3 is 1.